The first-order valence-electron chi connectivity index (χ1n) is 11.0. The molecule has 36 heavy (non-hydrogen) atoms. The fourth-order valence-electron chi connectivity index (χ4n) is 3.58. The molecule has 0 radical (unpaired) electrons. The predicted molar refractivity (Wildman–Crippen MR) is 128 cm³/mol. The molecule has 4 rings (SSSR count). The minimum Gasteiger partial charge on any atom is -0.352 e. The molecule has 10 heteroatoms. The molecule has 2 heterocycles. The minimum absolute atomic E-state index is 0.137. The highest BCUT2D eigenvalue weighted by Gasteiger charge is 2.31. The molecular formula is C26H22F3N5O2. The number of halogens is 3. The zero-order valence-corrected chi connectivity index (χ0v) is 19.2. The monoisotopic (exact) mass is 493 g/mol. The fraction of sp³-hybridized carbons (Fsp3) is 0.154. The minimum atomic E-state index is -4.50. The van der Waals surface area contributed by atoms with Gasteiger partial charge in [-0.2, -0.15) is 18.3 Å². The van der Waals surface area contributed by atoms with E-state index in [1.807, 2.05) is 30.3 Å². The molecule has 4 aromatic rings. The van der Waals surface area contributed by atoms with E-state index in [4.69, 9.17) is 0 Å². The van der Waals surface area contributed by atoms with Gasteiger partial charge in [-0.3, -0.25) is 9.59 Å². The van der Waals surface area contributed by atoms with E-state index in [1.165, 1.54) is 16.9 Å². The Morgan fingerprint density at radius 1 is 0.889 bits per heavy atom. The van der Waals surface area contributed by atoms with Gasteiger partial charge in [0, 0.05) is 12.7 Å². The van der Waals surface area contributed by atoms with Gasteiger partial charge in [0.1, 0.15) is 0 Å². The van der Waals surface area contributed by atoms with Crippen LogP contribution < -0.4 is 10.6 Å². The standard InChI is InChI=1S/C26H22F3N5O2/c1-17-21(16-32-34(17)23-12-11-19(15-31-23)26(27,28)29)25(36)33-22-10-6-5-9-20(22)24(35)30-14-13-18-7-3-2-4-8-18/h2-12,15-16H,13-14H2,1H3,(H,30,35)(H,33,36). The number of hydrogen-bond donors (Lipinski definition) is 2. The molecule has 2 amide bonds. The number of nitrogens with zero attached hydrogens (tertiary/aromatic N) is 3. The van der Waals surface area contributed by atoms with Crippen molar-refractivity contribution in [2.75, 3.05) is 11.9 Å². The maximum atomic E-state index is 13.0. The zero-order valence-electron chi connectivity index (χ0n) is 19.2. The van der Waals surface area contributed by atoms with Crippen molar-refractivity contribution < 1.29 is 22.8 Å². The lowest BCUT2D eigenvalue weighted by Gasteiger charge is -2.12. The number of rotatable bonds is 7. The summed E-state index contributed by atoms with van der Waals surface area (Å²) < 4.78 is 39.7. The van der Waals surface area contributed by atoms with Crippen LogP contribution in [0.25, 0.3) is 5.82 Å². The van der Waals surface area contributed by atoms with E-state index in [0.717, 1.165) is 11.6 Å². The Morgan fingerprint density at radius 3 is 2.31 bits per heavy atom. The van der Waals surface area contributed by atoms with Gasteiger partial charge in [-0.15, -0.1) is 0 Å². The highest BCUT2D eigenvalue weighted by atomic mass is 19.4. The number of pyridine rings is 1. The lowest BCUT2D eigenvalue weighted by atomic mass is 10.1. The van der Waals surface area contributed by atoms with Gasteiger partial charge in [-0.05, 0) is 43.2 Å². The van der Waals surface area contributed by atoms with Crippen molar-refractivity contribution in [1.82, 2.24) is 20.1 Å². The van der Waals surface area contributed by atoms with E-state index in [0.29, 0.717) is 36.1 Å². The van der Waals surface area contributed by atoms with Crippen molar-refractivity contribution >= 4 is 17.5 Å². The number of alkyl halides is 3. The van der Waals surface area contributed by atoms with Gasteiger partial charge in [0.05, 0.1) is 34.3 Å². The molecule has 0 aliphatic carbocycles. The number of carbonyl (C=O) groups is 2. The predicted octanol–water partition coefficient (Wildman–Crippen LogP) is 4.82. The van der Waals surface area contributed by atoms with Crippen LogP contribution in [0, 0.1) is 6.92 Å². The number of para-hydroxylation sites is 1. The second-order valence-corrected chi connectivity index (χ2v) is 7.95. The lowest BCUT2D eigenvalue weighted by Crippen LogP contribution is -2.27. The van der Waals surface area contributed by atoms with Gasteiger partial charge >= 0.3 is 6.18 Å². The molecule has 0 bridgehead atoms. The van der Waals surface area contributed by atoms with Gasteiger partial charge in [0.25, 0.3) is 11.8 Å². The topological polar surface area (TPSA) is 88.9 Å². The maximum absolute atomic E-state index is 13.0. The van der Waals surface area contributed by atoms with Gasteiger partial charge in [0.2, 0.25) is 0 Å². The molecule has 0 saturated carbocycles. The Labute approximate surface area is 205 Å². The van der Waals surface area contributed by atoms with Crippen molar-refractivity contribution in [2.24, 2.45) is 0 Å². The van der Waals surface area contributed by atoms with Gasteiger partial charge < -0.3 is 10.6 Å². The van der Waals surface area contributed by atoms with E-state index < -0.39 is 17.6 Å². The summed E-state index contributed by atoms with van der Waals surface area (Å²) in [6, 6.07) is 18.4. The van der Waals surface area contributed by atoms with Crippen LogP contribution in [0.1, 0.15) is 37.5 Å². The first kappa shape index (κ1) is 24.6. The first-order valence-corrected chi connectivity index (χ1v) is 11.0. The van der Waals surface area contributed by atoms with Crippen molar-refractivity contribution in [2.45, 2.75) is 19.5 Å². The molecule has 184 valence electrons. The number of anilines is 1. The normalized spacial score (nSPS) is 11.2. The molecule has 0 atom stereocenters. The highest BCUT2D eigenvalue weighted by molar-refractivity contribution is 6.09. The third-order valence-electron chi connectivity index (χ3n) is 5.51. The van der Waals surface area contributed by atoms with Crippen LogP contribution >= 0.6 is 0 Å². The fourth-order valence-corrected chi connectivity index (χ4v) is 3.58. The van der Waals surface area contributed by atoms with E-state index in [-0.39, 0.29) is 17.3 Å². The number of amides is 2. The van der Waals surface area contributed by atoms with Crippen LogP contribution in [-0.4, -0.2) is 33.1 Å². The Morgan fingerprint density at radius 2 is 1.61 bits per heavy atom. The van der Waals surface area contributed by atoms with E-state index in [2.05, 4.69) is 20.7 Å². The summed E-state index contributed by atoms with van der Waals surface area (Å²) in [4.78, 5) is 29.6. The maximum Gasteiger partial charge on any atom is 0.417 e. The molecule has 2 aromatic heterocycles. The third kappa shape index (κ3) is 5.60. The third-order valence-corrected chi connectivity index (χ3v) is 5.51. The zero-order chi connectivity index (χ0) is 25.7. The van der Waals surface area contributed by atoms with Crippen LogP contribution in [0.5, 0.6) is 0 Å². The van der Waals surface area contributed by atoms with Crippen molar-refractivity contribution in [3.05, 3.63) is 107 Å². The first-order chi connectivity index (χ1) is 17.2. The molecule has 0 saturated heterocycles. The van der Waals surface area contributed by atoms with Crippen molar-refractivity contribution in [1.29, 1.82) is 0 Å². The molecule has 0 spiro atoms. The number of benzene rings is 2. The van der Waals surface area contributed by atoms with Gasteiger partial charge in [-0.25, -0.2) is 9.67 Å². The molecule has 2 N–H and O–H groups in total. The Bertz CT molecular complexity index is 1370. The van der Waals surface area contributed by atoms with Gasteiger partial charge in [0.15, 0.2) is 5.82 Å². The molecule has 0 unspecified atom stereocenters. The quantitative estimate of drug-likeness (QED) is 0.386. The van der Waals surface area contributed by atoms with Crippen LogP contribution in [0.15, 0.2) is 79.1 Å². The summed E-state index contributed by atoms with van der Waals surface area (Å²) in [6.45, 7) is 2.03. The van der Waals surface area contributed by atoms with Crippen LogP contribution in [0.3, 0.4) is 0 Å². The van der Waals surface area contributed by atoms with E-state index in [1.54, 1.807) is 31.2 Å². The van der Waals surface area contributed by atoms with Crippen molar-refractivity contribution in [3.8, 4) is 5.82 Å². The summed E-state index contributed by atoms with van der Waals surface area (Å²) in [7, 11) is 0. The molecule has 0 fully saturated rings. The second-order valence-electron chi connectivity index (χ2n) is 7.95. The second kappa shape index (κ2) is 10.4. The summed E-state index contributed by atoms with van der Waals surface area (Å²) in [5, 5.41) is 9.69. The average Bonchev–Trinajstić information content (AvgIpc) is 3.26. The molecule has 0 aliphatic rings. The molecule has 0 aliphatic heterocycles. The van der Waals surface area contributed by atoms with Crippen LogP contribution in [0.4, 0.5) is 18.9 Å². The molecular weight excluding hydrogens is 471 g/mol. The number of carbonyl (C=O) groups excluding carboxylic acids is 2. The van der Waals surface area contributed by atoms with Gasteiger partial charge in [-0.1, -0.05) is 42.5 Å². The summed E-state index contributed by atoms with van der Waals surface area (Å²) in [6.07, 6.45) is -1.83. The van der Waals surface area contributed by atoms with Crippen LogP contribution in [0.2, 0.25) is 0 Å². The Balaban J connectivity index is 1.46. The van der Waals surface area contributed by atoms with Crippen molar-refractivity contribution in [3.63, 3.8) is 0 Å². The lowest BCUT2D eigenvalue weighted by molar-refractivity contribution is -0.137. The summed E-state index contributed by atoms with van der Waals surface area (Å²) in [5.74, 6) is -0.712. The summed E-state index contributed by atoms with van der Waals surface area (Å²) in [5.41, 5.74) is 1.40. The SMILES string of the molecule is Cc1c(C(=O)Nc2ccccc2C(=O)NCCc2ccccc2)cnn1-c1ccc(C(F)(F)F)cn1. The van der Waals surface area contributed by atoms with Crippen LogP contribution in [-0.2, 0) is 12.6 Å². The Kier molecular flexibility index (Phi) is 7.14. The number of aromatic nitrogens is 3. The van der Waals surface area contributed by atoms with E-state index in [9.17, 15) is 22.8 Å². The molecule has 2 aromatic carbocycles. The molecule has 7 nitrogen and oxygen atoms in total. The van der Waals surface area contributed by atoms with E-state index >= 15 is 0 Å². The smallest absolute Gasteiger partial charge is 0.352 e. The Hall–Kier alpha value is -4.47. The summed E-state index contributed by atoms with van der Waals surface area (Å²) >= 11 is 0. The number of nitrogens with one attached hydrogen (secondary N) is 2. The average molecular weight is 493 g/mol. The largest absolute Gasteiger partial charge is 0.417 e. The number of hydrogen-bond acceptors (Lipinski definition) is 4. The highest BCUT2D eigenvalue weighted by Crippen LogP contribution is 2.29.